The van der Waals surface area contributed by atoms with Gasteiger partial charge in [-0.15, -0.1) is 0 Å². The third kappa shape index (κ3) is 1.87. The summed E-state index contributed by atoms with van der Waals surface area (Å²) in [5.74, 6) is 0. The zero-order valence-corrected chi connectivity index (χ0v) is 8.22. The van der Waals surface area contributed by atoms with E-state index < -0.39 is 9.84 Å². The van der Waals surface area contributed by atoms with E-state index in [-0.39, 0.29) is 10.5 Å². The molecule has 68 valence electrons. The van der Waals surface area contributed by atoms with Gasteiger partial charge in [0.25, 0.3) is 0 Å². The molecule has 0 fully saturated rings. The minimum Gasteiger partial charge on any atom is -0.224 e. The van der Waals surface area contributed by atoms with E-state index in [1.807, 2.05) is 6.07 Å². The molecule has 4 heteroatoms. The summed E-state index contributed by atoms with van der Waals surface area (Å²) in [4.78, 5) is 0.106. The van der Waals surface area contributed by atoms with Crippen molar-refractivity contribution in [2.45, 2.75) is 11.8 Å². The van der Waals surface area contributed by atoms with Gasteiger partial charge in [0.1, 0.15) is 6.07 Å². The van der Waals surface area contributed by atoms with Crippen LogP contribution in [0.3, 0.4) is 0 Å². The van der Waals surface area contributed by atoms with E-state index in [9.17, 15) is 8.42 Å². The van der Waals surface area contributed by atoms with Gasteiger partial charge >= 0.3 is 0 Å². The Hall–Kier alpha value is -1.34. The number of nitriles is 1. The summed E-state index contributed by atoms with van der Waals surface area (Å²) < 4.78 is 22.4. The second-order valence-corrected chi connectivity index (χ2v) is 4.82. The largest absolute Gasteiger partial charge is 0.224 e. The van der Waals surface area contributed by atoms with E-state index in [1.54, 1.807) is 19.1 Å². The Morgan fingerprint density at radius 2 is 2.00 bits per heavy atom. The molecule has 0 unspecified atom stereocenters. The average molecular weight is 195 g/mol. The fourth-order valence-electron chi connectivity index (χ4n) is 1.09. The maximum absolute atomic E-state index is 11.2. The molecule has 0 radical (unpaired) electrons. The molecule has 0 aliphatic heterocycles. The first-order valence-corrected chi connectivity index (χ1v) is 5.55. The summed E-state index contributed by atoms with van der Waals surface area (Å²) in [6, 6.07) is 6.68. The lowest BCUT2D eigenvalue weighted by Crippen LogP contribution is -2.01. The van der Waals surface area contributed by atoms with Crippen molar-refractivity contribution in [2.24, 2.45) is 0 Å². The highest BCUT2D eigenvalue weighted by Gasteiger charge is 2.13. The van der Waals surface area contributed by atoms with Crippen LogP contribution >= 0.6 is 0 Å². The van der Waals surface area contributed by atoms with Gasteiger partial charge < -0.3 is 0 Å². The Morgan fingerprint density at radius 3 is 2.38 bits per heavy atom. The van der Waals surface area contributed by atoms with Crippen LogP contribution in [0.4, 0.5) is 0 Å². The number of benzene rings is 1. The molecule has 0 amide bonds. The molecule has 1 rings (SSSR count). The fraction of sp³-hybridized carbons (Fsp3) is 0.222. The van der Waals surface area contributed by atoms with E-state index in [1.165, 1.54) is 6.07 Å². The molecule has 0 saturated carbocycles. The Kier molecular flexibility index (Phi) is 2.39. The molecule has 13 heavy (non-hydrogen) atoms. The molecule has 0 N–H and O–H groups in total. The van der Waals surface area contributed by atoms with Crippen LogP contribution in [-0.2, 0) is 9.84 Å². The van der Waals surface area contributed by atoms with Crippen molar-refractivity contribution in [3.8, 4) is 6.07 Å². The van der Waals surface area contributed by atoms with E-state index in [4.69, 9.17) is 5.26 Å². The zero-order chi connectivity index (χ0) is 10.1. The number of sulfone groups is 1. The van der Waals surface area contributed by atoms with Gasteiger partial charge in [-0.2, -0.15) is 5.26 Å². The molecule has 0 saturated heterocycles. The van der Waals surface area contributed by atoms with Crippen molar-refractivity contribution >= 4 is 9.84 Å². The van der Waals surface area contributed by atoms with Gasteiger partial charge in [-0.1, -0.05) is 12.1 Å². The predicted molar refractivity (Wildman–Crippen MR) is 49.0 cm³/mol. The van der Waals surface area contributed by atoms with E-state index in [2.05, 4.69) is 0 Å². The van der Waals surface area contributed by atoms with E-state index in [0.717, 1.165) is 6.26 Å². The SMILES string of the molecule is Cc1cccc(S(C)(=O)=O)c1C#N. The van der Waals surface area contributed by atoms with Crippen molar-refractivity contribution in [1.82, 2.24) is 0 Å². The van der Waals surface area contributed by atoms with Crippen molar-refractivity contribution in [3.63, 3.8) is 0 Å². The van der Waals surface area contributed by atoms with Gasteiger partial charge in [-0.05, 0) is 18.6 Å². The first-order chi connectivity index (χ1) is 5.96. The third-order valence-corrected chi connectivity index (χ3v) is 2.88. The predicted octanol–water partition coefficient (Wildman–Crippen LogP) is 1.27. The summed E-state index contributed by atoms with van der Waals surface area (Å²) in [7, 11) is -3.29. The van der Waals surface area contributed by atoms with Crippen molar-refractivity contribution in [3.05, 3.63) is 29.3 Å². The van der Waals surface area contributed by atoms with Crippen LogP contribution in [0, 0.1) is 18.3 Å². The molecule has 0 atom stereocenters. The molecule has 0 aliphatic rings. The quantitative estimate of drug-likeness (QED) is 0.678. The molecule has 1 aromatic rings. The molecule has 0 heterocycles. The average Bonchev–Trinajstić information content (AvgIpc) is 2.02. The fourth-order valence-corrected chi connectivity index (χ4v) is 2.00. The van der Waals surface area contributed by atoms with Crippen LogP contribution in [0.5, 0.6) is 0 Å². The first kappa shape index (κ1) is 9.75. The Bertz CT molecular complexity index is 469. The highest BCUT2D eigenvalue weighted by atomic mass is 32.2. The first-order valence-electron chi connectivity index (χ1n) is 3.66. The monoisotopic (exact) mass is 195 g/mol. The van der Waals surface area contributed by atoms with Crippen LogP contribution in [0.2, 0.25) is 0 Å². The van der Waals surface area contributed by atoms with Crippen molar-refractivity contribution in [1.29, 1.82) is 5.26 Å². The molecule has 0 aliphatic carbocycles. The molecule has 0 aromatic heterocycles. The second kappa shape index (κ2) is 3.19. The Labute approximate surface area is 77.5 Å². The summed E-state index contributed by atoms with van der Waals surface area (Å²) in [6.45, 7) is 1.72. The van der Waals surface area contributed by atoms with Gasteiger partial charge in [0, 0.05) is 6.26 Å². The van der Waals surface area contributed by atoms with Crippen LogP contribution < -0.4 is 0 Å². The van der Waals surface area contributed by atoms with Gasteiger partial charge in [-0.3, -0.25) is 0 Å². The minimum absolute atomic E-state index is 0.106. The lowest BCUT2D eigenvalue weighted by atomic mass is 10.1. The molecule has 3 nitrogen and oxygen atoms in total. The summed E-state index contributed by atoms with van der Waals surface area (Å²) in [6.07, 6.45) is 1.10. The number of rotatable bonds is 1. The Balaban J connectivity index is 3.59. The number of hydrogen-bond donors (Lipinski definition) is 0. The van der Waals surface area contributed by atoms with Gasteiger partial charge in [0.2, 0.25) is 0 Å². The molecule has 0 bridgehead atoms. The standard InChI is InChI=1S/C9H9NO2S/c1-7-4-3-5-9(8(7)6-10)13(2,11)12/h3-5H,1-2H3. The van der Waals surface area contributed by atoms with Crippen LogP contribution in [0.1, 0.15) is 11.1 Å². The summed E-state index contributed by atoms with van der Waals surface area (Å²) in [5, 5.41) is 8.75. The summed E-state index contributed by atoms with van der Waals surface area (Å²) >= 11 is 0. The molecule has 0 spiro atoms. The smallest absolute Gasteiger partial charge is 0.176 e. The second-order valence-electron chi connectivity index (χ2n) is 2.83. The highest BCUT2D eigenvalue weighted by Crippen LogP contribution is 2.17. The third-order valence-electron chi connectivity index (χ3n) is 1.75. The number of aryl methyl sites for hydroxylation is 1. The molecular formula is C9H9NO2S. The molecular weight excluding hydrogens is 186 g/mol. The van der Waals surface area contributed by atoms with Crippen molar-refractivity contribution in [2.75, 3.05) is 6.26 Å². The van der Waals surface area contributed by atoms with E-state index >= 15 is 0 Å². The lowest BCUT2D eigenvalue weighted by Gasteiger charge is -2.02. The van der Waals surface area contributed by atoms with Crippen molar-refractivity contribution < 1.29 is 8.42 Å². The molecule has 1 aromatic carbocycles. The maximum Gasteiger partial charge on any atom is 0.176 e. The van der Waals surface area contributed by atoms with Gasteiger partial charge in [0.05, 0.1) is 10.5 Å². The number of hydrogen-bond acceptors (Lipinski definition) is 3. The Morgan fingerprint density at radius 1 is 1.38 bits per heavy atom. The van der Waals surface area contributed by atoms with Gasteiger partial charge in [0.15, 0.2) is 9.84 Å². The van der Waals surface area contributed by atoms with E-state index in [0.29, 0.717) is 5.56 Å². The van der Waals surface area contributed by atoms with Crippen LogP contribution in [0.15, 0.2) is 23.1 Å². The summed E-state index contributed by atoms with van der Waals surface area (Å²) in [5.41, 5.74) is 0.926. The maximum atomic E-state index is 11.2. The van der Waals surface area contributed by atoms with Crippen LogP contribution in [-0.4, -0.2) is 14.7 Å². The zero-order valence-electron chi connectivity index (χ0n) is 7.40. The number of nitrogens with zero attached hydrogens (tertiary/aromatic N) is 1. The lowest BCUT2D eigenvalue weighted by molar-refractivity contribution is 0.601. The minimum atomic E-state index is -3.29. The van der Waals surface area contributed by atoms with Crippen LogP contribution in [0.25, 0.3) is 0 Å². The topological polar surface area (TPSA) is 57.9 Å². The normalized spacial score (nSPS) is 10.8. The van der Waals surface area contributed by atoms with Gasteiger partial charge in [-0.25, -0.2) is 8.42 Å². The highest BCUT2D eigenvalue weighted by molar-refractivity contribution is 7.90.